The van der Waals surface area contributed by atoms with Crippen molar-refractivity contribution in [3.63, 3.8) is 0 Å². The summed E-state index contributed by atoms with van der Waals surface area (Å²) in [6, 6.07) is 11.9. The molecule has 3 rings (SSSR count). The standard InChI is InChI=1S/C18H15BrN4O5S/c1-11-6-17(22(21-11)14-5-3-4-13(19)9-14)20-18(24)12-7-15(23(25)26)10-16(8-12)29(2,27)28/h3-10H,1-2H3,(H,20,24). The lowest BCUT2D eigenvalue weighted by molar-refractivity contribution is -0.385. The highest BCUT2D eigenvalue weighted by molar-refractivity contribution is 9.10. The highest BCUT2D eigenvalue weighted by Crippen LogP contribution is 2.24. The van der Waals surface area contributed by atoms with E-state index >= 15 is 0 Å². The number of hydrogen-bond acceptors (Lipinski definition) is 6. The fourth-order valence-corrected chi connectivity index (χ4v) is 3.68. The van der Waals surface area contributed by atoms with Crippen molar-refractivity contribution >= 4 is 43.2 Å². The van der Waals surface area contributed by atoms with Gasteiger partial charge in [0.2, 0.25) is 0 Å². The summed E-state index contributed by atoms with van der Waals surface area (Å²) in [5.41, 5.74) is 0.670. The molecule has 1 aromatic heterocycles. The molecule has 9 nitrogen and oxygen atoms in total. The van der Waals surface area contributed by atoms with E-state index in [1.165, 1.54) is 4.68 Å². The van der Waals surface area contributed by atoms with E-state index in [2.05, 4.69) is 26.3 Å². The second-order valence-corrected chi connectivity index (χ2v) is 9.19. The minimum atomic E-state index is -3.75. The first kappa shape index (κ1) is 20.7. The van der Waals surface area contributed by atoms with Crippen molar-refractivity contribution in [1.82, 2.24) is 9.78 Å². The van der Waals surface area contributed by atoms with Crippen LogP contribution in [0.5, 0.6) is 0 Å². The number of aryl methyl sites for hydroxylation is 1. The van der Waals surface area contributed by atoms with Crippen LogP contribution in [0.15, 0.2) is 57.9 Å². The average molecular weight is 479 g/mol. The number of sulfone groups is 1. The predicted octanol–water partition coefficient (Wildman–Crippen LogP) is 3.51. The Hall–Kier alpha value is -3.05. The van der Waals surface area contributed by atoms with Gasteiger partial charge in [0.25, 0.3) is 11.6 Å². The summed E-state index contributed by atoms with van der Waals surface area (Å²) in [6.07, 6.45) is 0.916. The van der Waals surface area contributed by atoms with Crippen molar-refractivity contribution in [1.29, 1.82) is 0 Å². The molecule has 0 unspecified atom stereocenters. The molecule has 1 N–H and O–H groups in total. The number of benzene rings is 2. The van der Waals surface area contributed by atoms with Crippen molar-refractivity contribution in [3.8, 4) is 5.69 Å². The van der Waals surface area contributed by atoms with Gasteiger partial charge in [0.1, 0.15) is 5.82 Å². The van der Waals surface area contributed by atoms with Crippen LogP contribution in [0.1, 0.15) is 16.1 Å². The monoisotopic (exact) mass is 478 g/mol. The smallest absolute Gasteiger partial charge is 0.271 e. The van der Waals surface area contributed by atoms with Crippen LogP contribution in [0.25, 0.3) is 5.69 Å². The number of anilines is 1. The van der Waals surface area contributed by atoms with Crippen molar-refractivity contribution in [2.45, 2.75) is 11.8 Å². The molecular weight excluding hydrogens is 464 g/mol. The maximum atomic E-state index is 12.7. The normalized spacial score (nSPS) is 11.3. The van der Waals surface area contributed by atoms with Gasteiger partial charge >= 0.3 is 0 Å². The van der Waals surface area contributed by atoms with Gasteiger partial charge in [-0.15, -0.1) is 0 Å². The Balaban J connectivity index is 2.02. The van der Waals surface area contributed by atoms with Crippen LogP contribution in [-0.2, 0) is 9.84 Å². The number of carbonyl (C=O) groups is 1. The molecule has 0 radical (unpaired) electrons. The lowest BCUT2D eigenvalue weighted by Gasteiger charge is -2.10. The van der Waals surface area contributed by atoms with E-state index in [0.717, 1.165) is 28.9 Å². The molecule has 29 heavy (non-hydrogen) atoms. The van der Waals surface area contributed by atoms with Gasteiger partial charge in [0.05, 0.1) is 21.2 Å². The lowest BCUT2D eigenvalue weighted by atomic mass is 10.2. The van der Waals surface area contributed by atoms with Crippen LogP contribution >= 0.6 is 15.9 Å². The summed E-state index contributed by atoms with van der Waals surface area (Å²) in [6.45, 7) is 1.75. The number of halogens is 1. The number of carbonyl (C=O) groups excluding carboxylic acids is 1. The number of nitrogens with one attached hydrogen (secondary N) is 1. The van der Waals surface area contributed by atoms with Crippen LogP contribution in [-0.4, -0.2) is 35.3 Å². The Kier molecular flexibility index (Phi) is 5.53. The van der Waals surface area contributed by atoms with E-state index in [9.17, 15) is 23.3 Å². The van der Waals surface area contributed by atoms with Crippen molar-refractivity contribution in [3.05, 3.63) is 74.4 Å². The van der Waals surface area contributed by atoms with Crippen LogP contribution in [0.3, 0.4) is 0 Å². The lowest BCUT2D eigenvalue weighted by Crippen LogP contribution is -2.16. The molecule has 0 saturated carbocycles. The third-order valence-corrected chi connectivity index (χ3v) is 5.50. The molecule has 0 bridgehead atoms. The predicted molar refractivity (Wildman–Crippen MR) is 110 cm³/mol. The zero-order chi connectivity index (χ0) is 21.3. The molecule has 1 heterocycles. The number of nitrogens with zero attached hydrogens (tertiary/aromatic N) is 3. The molecular formula is C18H15BrN4O5S. The molecule has 0 aliphatic heterocycles. The molecule has 150 valence electrons. The Morgan fingerprint density at radius 3 is 2.55 bits per heavy atom. The first-order chi connectivity index (χ1) is 13.5. The third-order valence-electron chi connectivity index (χ3n) is 3.92. The van der Waals surface area contributed by atoms with Crippen LogP contribution in [0, 0.1) is 17.0 Å². The number of nitro groups is 1. The van der Waals surface area contributed by atoms with E-state index < -0.39 is 26.4 Å². The van der Waals surface area contributed by atoms with E-state index in [-0.39, 0.29) is 10.5 Å². The number of aromatic nitrogens is 2. The Morgan fingerprint density at radius 2 is 1.93 bits per heavy atom. The second-order valence-electron chi connectivity index (χ2n) is 6.26. The van der Waals surface area contributed by atoms with Gasteiger partial charge in [-0.1, -0.05) is 22.0 Å². The molecule has 0 atom stereocenters. The highest BCUT2D eigenvalue weighted by atomic mass is 79.9. The van der Waals surface area contributed by atoms with Gasteiger partial charge < -0.3 is 5.32 Å². The first-order valence-corrected chi connectivity index (χ1v) is 10.9. The minimum absolute atomic E-state index is 0.153. The number of rotatable bonds is 5. The van der Waals surface area contributed by atoms with Gasteiger partial charge in [-0.25, -0.2) is 13.1 Å². The van der Waals surface area contributed by atoms with E-state index in [0.29, 0.717) is 17.2 Å². The fourth-order valence-electron chi connectivity index (χ4n) is 2.62. The van der Waals surface area contributed by atoms with Crippen LogP contribution in [0.2, 0.25) is 0 Å². The highest BCUT2D eigenvalue weighted by Gasteiger charge is 2.20. The number of amides is 1. The summed E-state index contributed by atoms with van der Waals surface area (Å²) >= 11 is 3.38. The van der Waals surface area contributed by atoms with Gasteiger partial charge in [0.15, 0.2) is 9.84 Å². The fraction of sp³-hybridized carbons (Fsp3) is 0.111. The molecule has 3 aromatic rings. The third kappa shape index (κ3) is 4.69. The Labute approximate surface area is 174 Å². The summed E-state index contributed by atoms with van der Waals surface area (Å²) in [7, 11) is -3.75. The zero-order valence-corrected chi connectivity index (χ0v) is 17.7. The van der Waals surface area contributed by atoms with Crippen molar-refractivity contribution < 1.29 is 18.1 Å². The number of hydrogen-bond donors (Lipinski definition) is 1. The number of non-ortho nitro benzene ring substituents is 1. The second kappa shape index (κ2) is 7.76. The van der Waals surface area contributed by atoms with Gasteiger partial charge in [-0.2, -0.15) is 5.10 Å². The summed E-state index contributed by atoms with van der Waals surface area (Å²) < 4.78 is 26.0. The summed E-state index contributed by atoms with van der Waals surface area (Å²) in [5.74, 6) is -0.368. The molecule has 2 aromatic carbocycles. The largest absolute Gasteiger partial charge is 0.306 e. The quantitative estimate of drug-likeness (QED) is 0.441. The van der Waals surface area contributed by atoms with E-state index in [4.69, 9.17) is 0 Å². The maximum Gasteiger partial charge on any atom is 0.271 e. The Bertz CT molecular complexity index is 1240. The first-order valence-electron chi connectivity index (χ1n) is 8.18. The van der Waals surface area contributed by atoms with E-state index in [1.54, 1.807) is 31.2 Å². The van der Waals surface area contributed by atoms with Gasteiger partial charge in [0, 0.05) is 34.5 Å². The van der Waals surface area contributed by atoms with Gasteiger partial charge in [-0.05, 0) is 31.2 Å². The molecule has 0 aliphatic carbocycles. The Morgan fingerprint density at radius 1 is 1.21 bits per heavy atom. The average Bonchev–Trinajstić information content (AvgIpc) is 3.00. The van der Waals surface area contributed by atoms with Crippen LogP contribution < -0.4 is 5.32 Å². The molecule has 0 fully saturated rings. The SMILES string of the molecule is Cc1cc(NC(=O)c2cc([N+](=O)[O-])cc(S(C)(=O)=O)c2)n(-c2cccc(Br)c2)n1. The summed E-state index contributed by atoms with van der Waals surface area (Å²) in [4.78, 5) is 22.8. The molecule has 0 aliphatic rings. The minimum Gasteiger partial charge on any atom is -0.306 e. The summed E-state index contributed by atoms with van der Waals surface area (Å²) in [5, 5.41) is 18.1. The van der Waals surface area contributed by atoms with Crippen LogP contribution in [0.4, 0.5) is 11.5 Å². The number of nitro benzene ring substituents is 1. The zero-order valence-electron chi connectivity index (χ0n) is 15.3. The maximum absolute atomic E-state index is 12.7. The molecule has 0 spiro atoms. The molecule has 0 saturated heterocycles. The molecule has 1 amide bonds. The van der Waals surface area contributed by atoms with Crippen molar-refractivity contribution in [2.24, 2.45) is 0 Å². The van der Waals surface area contributed by atoms with Gasteiger partial charge in [-0.3, -0.25) is 14.9 Å². The topological polar surface area (TPSA) is 124 Å². The van der Waals surface area contributed by atoms with E-state index in [1.807, 2.05) is 6.07 Å². The molecule has 11 heteroatoms. The van der Waals surface area contributed by atoms with Crippen molar-refractivity contribution in [2.75, 3.05) is 11.6 Å².